The topological polar surface area (TPSA) is 58.7 Å². The van der Waals surface area contributed by atoms with Crippen molar-refractivity contribution in [1.29, 1.82) is 0 Å². The van der Waals surface area contributed by atoms with Gasteiger partial charge in [-0.2, -0.15) is 0 Å². The maximum absolute atomic E-state index is 8.92. The van der Waals surface area contributed by atoms with E-state index in [1.165, 1.54) is 0 Å². The van der Waals surface area contributed by atoms with Gasteiger partial charge < -0.3 is 15.6 Å². The highest BCUT2D eigenvalue weighted by molar-refractivity contribution is 5.39. The van der Waals surface area contributed by atoms with Crippen molar-refractivity contribution < 1.29 is 9.84 Å². The van der Waals surface area contributed by atoms with Crippen LogP contribution in [0.25, 0.3) is 0 Å². The average Bonchev–Trinajstić information content (AvgIpc) is 2.48. The molecule has 0 bridgehead atoms. The molecule has 1 rings (SSSR count). The molecule has 1 aromatic carbocycles. The average molecular weight is 290 g/mol. The van der Waals surface area contributed by atoms with Crippen molar-refractivity contribution in [2.45, 2.75) is 26.3 Å². The first kappa shape index (κ1) is 17.5. The van der Waals surface area contributed by atoms with Crippen LogP contribution >= 0.6 is 0 Å². The van der Waals surface area contributed by atoms with Crippen LogP contribution in [-0.4, -0.2) is 48.9 Å². The maximum Gasteiger partial charge on any atom is 0.120 e. The number of ether oxygens (including phenoxy) is 1. The zero-order valence-corrected chi connectivity index (χ0v) is 13.0. The molecule has 0 amide bonds. The van der Waals surface area contributed by atoms with Crippen LogP contribution in [0.5, 0.6) is 5.75 Å². The number of benzene rings is 1. The van der Waals surface area contributed by atoms with Gasteiger partial charge in [-0.25, -0.2) is 0 Å². The SMILES string of the molecule is CC(C)N(CCCO)CCOc1cccc(C#CCN)c1. The van der Waals surface area contributed by atoms with Gasteiger partial charge in [-0.05, 0) is 38.5 Å². The standard InChI is InChI=1S/C17H26N2O2/c1-15(2)19(10-5-12-20)11-13-21-17-8-3-6-16(14-17)7-4-9-18/h3,6,8,14-15,20H,5,9-13,18H2,1-2H3. The van der Waals surface area contributed by atoms with E-state index < -0.39 is 0 Å². The number of rotatable bonds is 8. The molecule has 0 saturated carbocycles. The zero-order chi connectivity index (χ0) is 15.5. The van der Waals surface area contributed by atoms with Crippen LogP contribution in [0.15, 0.2) is 24.3 Å². The third-order valence-corrected chi connectivity index (χ3v) is 3.15. The Morgan fingerprint density at radius 3 is 2.81 bits per heavy atom. The number of nitrogens with two attached hydrogens (primary N) is 1. The van der Waals surface area contributed by atoms with Gasteiger partial charge in [0, 0.05) is 31.3 Å². The summed E-state index contributed by atoms with van der Waals surface area (Å²) in [5.41, 5.74) is 6.28. The molecule has 4 nitrogen and oxygen atoms in total. The third-order valence-electron chi connectivity index (χ3n) is 3.15. The van der Waals surface area contributed by atoms with E-state index in [4.69, 9.17) is 15.6 Å². The van der Waals surface area contributed by atoms with Gasteiger partial charge >= 0.3 is 0 Å². The maximum atomic E-state index is 8.92. The lowest BCUT2D eigenvalue weighted by molar-refractivity contribution is 0.160. The lowest BCUT2D eigenvalue weighted by Crippen LogP contribution is -2.35. The van der Waals surface area contributed by atoms with Gasteiger partial charge in [-0.15, -0.1) is 0 Å². The molecular formula is C17H26N2O2. The highest BCUT2D eigenvalue weighted by Crippen LogP contribution is 2.12. The summed E-state index contributed by atoms with van der Waals surface area (Å²) >= 11 is 0. The molecule has 0 atom stereocenters. The fourth-order valence-electron chi connectivity index (χ4n) is 2.00. The molecule has 1 aromatic rings. The van der Waals surface area contributed by atoms with E-state index in [0.717, 1.165) is 30.8 Å². The first-order valence-corrected chi connectivity index (χ1v) is 7.44. The van der Waals surface area contributed by atoms with Crippen LogP contribution in [-0.2, 0) is 0 Å². The summed E-state index contributed by atoms with van der Waals surface area (Å²) in [6, 6.07) is 8.18. The Hall–Kier alpha value is -1.54. The first-order chi connectivity index (χ1) is 10.2. The zero-order valence-electron chi connectivity index (χ0n) is 13.0. The summed E-state index contributed by atoms with van der Waals surface area (Å²) < 4.78 is 5.78. The Labute approximate surface area is 127 Å². The Morgan fingerprint density at radius 1 is 1.33 bits per heavy atom. The predicted molar refractivity (Wildman–Crippen MR) is 86.3 cm³/mol. The van der Waals surface area contributed by atoms with E-state index in [9.17, 15) is 0 Å². The van der Waals surface area contributed by atoms with Gasteiger partial charge in [0.1, 0.15) is 12.4 Å². The van der Waals surface area contributed by atoms with Crippen molar-refractivity contribution in [1.82, 2.24) is 4.90 Å². The number of aliphatic hydroxyl groups is 1. The van der Waals surface area contributed by atoms with Crippen LogP contribution in [0.4, 0.5) is 0 Å². The molecule has 0 aliphatic rings. The molecule has 0 spiro atoms. The number of hydrogen-bond donors (Lipinski definition) is 2. The molecule has 0 heterocycles. The van der Waals surface area contributed by atoms with Crippen LogP contribution < -0.4 is 10.5 Å². The van der Waals surface area contributed by atoms with Gasteiger partial charge in [-0.3, -0.25) is 4.90 Å². The van der Waals surface area contributed by atoms with E-state index in [1.54, 1.807) is 0 Å². The molecule has 0 aromatic heterocycles. The van der Waals surface area contributed by atoms with E-state index in [1.807, 2.05) is 24.3 Å². The Kier molecular flexibility index (Phi) is 8.53. The normalized spacial score (nSPS) is 10.6. The fraction of sp³-hybridized carbons (Fsp3) is 0.529. The van der Waals surface area contributed by atoms with Gasteiger partial charge in [0.15, 0.2) is 0 Å². The molecule has 0 aliphatic carbocycles. The van der Waals surface area contributed by atoms with E-state index >= 15 is 0 Å². The smallest absolute Gasteiger partial charge is 0.120 e. The van der Waals surface area contributed by atoms with Crippen molar-refractivity contribution >= 4 is 0 Å². The lowest BCUT2D eigenvalue weighted by atomic mass is 10.2. The van der Waals surface area contributed by atoms with Gasteiger partial charge in [0.2, 0.25) is 0 Å². The molecule has 4 heteroatoms. The Balaban J connectivity index is 2.47. The van der Waals surface area contributed by atoms with Crippen LogP contribution in [0.1, 0.15) is 25.8 Å². The number of hydrogen-bond acceptors (Lipinski definition) is 4. The van der Waals surface area contributed by atoms with Crippen LogP contribution in [0, 0.1) is 11.8 Å². The summed E-state index contributed by atoms with van der Waals surface area (Å²) in [6.45, 7) is 7.25. The Morgan fingerprint density at radius 2 is 2.14 bits per heavy atom. The fourth-order valence-corrected chi connectivity index (χ4v) is 2.00. The number of aliphatic hydroxyl groups excluding tert-OH is 1. The van der Waals surface area contributed by atoms with Crippen molar-refractivity contribution in [2.24, 2.45) is 5.73 Å². The third kappa shape index (κ3) is 7.14. The monoisotopic (exact) mass is 290 g/mol. The second-order valence-electron chi connectivity index (χ2n) is 5.09. The van der Waals surface area contributed by atoms with E-state index in [2.05, 4.69) is 30.6 Å². The summed E-state index contributed by atoms with van der Waals surface area (Å²) in [4.78, 5) is 2.30. The first-order valence-electron chi connectivity index (χ1n) is 7.44. The van der Waals surface area contributed by atoms with Gasteiger partial charge in [0.25, 0.3) is 0 Å². The van der Waals surface area contributed by atoms with Crippen LogP contribution in [0.2, 0.25) is 0 Å². The second-order valence-corrected chi connectivity index (χ2v) is 5.09. The molecule has 0 radical (unpaired) electrons. The van der Waals surface area contributed by atoms with Gasteiger partial charge in [-0.1, -0.05) is 17.9 Å². The molecule has 3 N–H and O–H groups in total. The second kappa shape index (κ2) is 10.2. The highest BCUT2D eigenvalue weighted by atomic mass is 16.5. The summed E-state index contributed by atoms with van der Waals surface area (Å²) in [6.07, 6.45) is 0.794. The van der Waals surface area contributed by atoms with Crippen LogP contribution in [0.3, 0.4) is 0 Å². The predicted octanol–water partition coefficient (Wildman–Crippen LogP) is 1.47. The van der Waals surface area contributed by atoms with Gasteiger partial charge in [0.05, 0.1) is 6.54 Å². The highest BCUT2D eigenvalue weighted by Gasteiger charge is 2.08. The minimum absolute atomic E-state index is 0.228. The van der Waals surface area contributed by atoms with Crippen molar-refractivity contribution in [3.05, 3.63) is 29.8 Å². The molecule has 0 saturated heterocycles. The number of nitrogens with zero attached hydrogens (tertiary/aromatic N) is 1. The van der Waals surface area contributed by atoms with Crippen molar-refractivity contribution in [2.75, 3.05) is 32.8 Å². The minimum Gasteiger partial charge on any atom is -0.492 e. The molecule has 116 valence electrons. The van der Waals surface area contributed by atoms with E-state index in [-0.39, 0.29) is 6.61 Å². The molecule has 0 unspecified atom stereocenters. The molecule has 21 heavy (non-hydrogen) atoms. The quantitative estimate of drug-likeness (QED) is 0.712. The lowest BCUT2D eigenvalue weighted by Gasteiger charge is -2.26. The largest absolute Gasteiger partial charge is 0.492 e. The van der Waals surface area contributed by atoms with E-state index in [0.29, 0.717) is 19.2 Å². The van der Waals surface area contributed by atoms with Crippen molar-refractivity contribution in [3.63, 3.8) is 0 Å². The minimum atomic E-state index is 0.228. The molecule has 0 fully saturated rings. The molecule has 0 aliphatic heterocycles. The summed E-state index contributed by atoms with van der Waals surface area (Å²) in [7, 11) is 0. The molecular weight excluding hydrogens is 264 g/mol. The van der Waals surface area contributed by atoms with Crippen molar-refractivity contribution in [3.8, 4) is 17.6 Å². The summed E-state index contributed by atoms with van der Waals surface area (Å²) in [5.74, 6) is 6.66. The summed E-state index contributed by atoms with van der Waals surface area (Å²) in [5, 5.41) is 8.92. The Bertz CT molecular complexity index is 463.